The summed E-state index contributed by atoms with van der Waals surface area (Å²) in [5, 5.41) is 3.23. The lowest BCUT2D eigenvalue weighted by molar-refractivity contribution is 0.676. The van der Waals surface area contributed by atoms with Gasteiger partial charge in [-0.3, -0.25) is 0 Å². The average molecular weight is 139 g/mol. The van der Waals surface area contributed by atoms with E-state index in [-0.39, 0.29) is 0 Å². The van der Waals surface area contributed by atoms with Gasteiger partial charge in [0.15, 0.2) is 0 Å². The number of rotatable bonds is 3. The second-order valence-electron chi connectivity index (χ2n) is 2.75. The summed E-state index contributed by atoms with van der Waals surface area (Å²) in [5.41, 5.74) is 2.24. The number of hydrogen-bond acceptors (Lipinski definition) is 1. The lowest BCUT2D eigenvalue weighted by Crippen LogP contribution is -2.21. The molecule has 1 nitrogen and oxygen atoms in total. The highest BCUT2D eigenvalue weighted by Gasteiger charge is 1.95. The van der Waals surface area contributed by atoms with Crippen LogP contribution in [0, 0.1) is 0 Å². The molecule has 0 aliphatic rings. The van der Waals surface area contributed by atoms with E-state index in [4.69, 9.17) is 0 Å². The van der Waals surface area contributed by atoms with Crippen LogP contribution >= 0.6 is 0 Å². The summed E-state index contributed by atoms with van der Waals surface area (Å²) in [5.74, 6) is 0. The Kier molecular flexibility index (Phi) is 3.85. The Labute approximate surface area is 63.8 Å². The normalized spacial score (nSPS) is 11.9. The highest BCUT2D eigenvalue weighted by molar-refractivity contribution is 5.23. The van der Waals surface area contributed by atoms with Crippen LogP contribution in [0.2, 0.25) is 0 Å². The van der Waals surface area contributed by atoms with Gasteiger partial charge in [-0.05, 0) is 33.3 Å². The molecule has 0 fully saturated rings. The molecule has 1 heteroatoms. The monoisotopic (exact) mass is 139 g/mol. The molecular weight excluding hydrogens is 122 g/mol. The summed E-state index contributed by atoms with van der Waals surface area (Å²) in [6.45, 7) is 12.2. The van der Waals surface area contributed by atoms with Crippen LogP contribution in [-0.4, -0.2) is 6.04 Å². The van der Waals surface area contributed by atoms with Crippen molar-refractivity contribution in [2.45, 2.75) is 33.7 Å². The predicted molar refractivity (Wildman–Crippen MR) is 46.8 cm³/mol. The van der Waals surface area contributed by atoms with Gasteiger partial charge in [0.1, 0.15) is 0 Å². The van der Waals surface area contributed by atoms with Crippen molar-refractivity contribution in [3.63, 3.8) is 0 Å². The third-order valence-corrected chi connectivity index (χ3v) is 1.37. The van der Waals surface area contributed by atoms with Gasteiger partial charge >= 0.3 is 0 Å². The first-order valence-electron chi connectivity index (χ1n) is 3.66. The maximum Gasteiger partial charge on any atom is 0.0295 e. The van der Waals surface area contributed by atoms with Crippen molar-refractivity contribution in [1.82, 2.24) is 5.32 Å². The average Bonchev–Trinajstić information content (AvgIpc) is 1.85. The summed E-state index contributed by atoms with van der Waals surface area (Å²) < 4.78 is 0. The van der Waals surface area contributed by atoms with Gasteiger partial charge < -0.3 is 5.32 Å². The second-order valence-corrected chi connectivity index (χ2v) is 2.75. The molecule has 0 amide bonds. The fraction of sp³-hybridized carbons (Fsp3) is 0.556. The standard InChI is InChI=1S/C9H17N/c1-6-8(4)9(5)10-7(2)3/h6-7,10H,5H2,1-4H3/b8-6+. The van der Waals surface area contributed by atoms with E-state index in [2.05, 4.69) is 38.7 Å². The first-order chi connectivity index (χ1) is 4.57. The van der Waals surface area contributed by atoms with Crippen LogP contribution in [-0.2, 0) is 0 Å². The number of hydrogen-bond donors (Lipinski definition) is 1. The molecule has 0 aliphatic carbocycles. The van der Waals surface area contributed by atoms with E-state index in [1.54, 1.807) is 0 Å². The molecule has 0 bridgehead atoms. The van der Waals surface area contributed by atoms with E-state index in [0.29, 0.717) is 6.04 Å². The third-order valence-electron chi connectivity index (χ3n) is 1.37. The summed E-state index contributed by atoms with van der Waals surface area (Å²) in [6.07, 6.45) is 2.05. The van der Waals surface area contributed by atoms with E-state index >= 15 is 0 Å². The molecule has 0 spiro atoms. The molecule has 0 aliphatic heterocycles. The fourth-order valence-corrected chi connectivity index (χ4v) is 0.637. The predicted octanol–water partition coefficient (Wildman–Crippen LogP) is 2.46. The van der Waals surface area contributed by atoms with Gasteiger partial charge in [-0.25, -0.2) is 0 Å². The fourth-order valence-electron chi connectivity index (χ4n) is 0.637. The van der Waals surface area contributed by atoms with Crippen molar-refractivity contribution in [2.75, 3.05) is 0 Å². The number of allylic oxidation sites excluding steroid dienone is 2. The molecule has 0 radical (unpaired) electrons. The summed E-state index contributed by atoms with van der Waals surface area (Å²) in [6, 6.07) is 0.474. The van der Waals surface area contributed by atoms with Crippen LogP contribution < -0.4 is 5.32 Å². The van der Waals surface area contributed by atoms with Crippen LogP contribution in [0.5, 0.6) is 0 Å². The van der Waals surface area contributed by atoms with Crippen molar-refractivity contribution in [3.05, 3.63) is 23.9 Å². The lowest BCUT2D eigenvalue weighted by atomic mass is 10.2. The molecule has 0 saturated heterocycles. The molecule has 58 valence electrons. The van der Waals surface area contributed by atoms with E-state index in [1.165, 1.54) is 5.57 Å². The molecule has 0 unspecified atom stereocenters. The van der Waals surface area contributed by atoms with E-state index < -0.39 is 0 Å². The van der Waals surface area contributed by atoms with Crippen LogP contribution in [0.1, 0.15) is 27.7 Å². The van der Waals surface area contributed by atoms with Crippen LogP contribution in [0.4, 0.5) is 0 Å². The SMILES string of the molecule is C=C(NC(C)C)/C(C)=C/C. The zero-order valence-electron chi connectivity index (χ0n) is 7.36. The van der Waals surface area contributed by atoms with Gasteiger partial charge in [-0.2, -0.15) is 0 Å². The Bertz CT molecular complexity index is 143. The van der Waals surface area contributed by atoms with Crippen molar-refractivity contribution in [3.8, 4) is 0 Å². The lowest BCUT2D eigenvalue weighted by Gasteiger charge is -2.12. The first kappa shape index (κ1) is 9.28. The molecule has 1 N–H and O–H groups in total. The van der Waals surface area contributed by atoms with Gasteiger partial charge in [0.2, 0.25) is 0 Å². The zero-order valence-corrected chi connectivity index (χ0v) is 7.36. The van der Waals surface area contributed by atoms with E-state index in [9.17, 15) is 0 Å². The van der Waals surface area contributed by atoms with Gasteiger partial charge in [0.25, 0.3) is 0 Å². The van der Waals surface area contributed by atoms with Gasteiger partial charge in [0.05, 0.1) is 0 Å². The second kappa shape index (κ2) is 4.15. The molecule has 0 atom stereocenters. The van der Waals surface area contributed by atoms with Crippen LogP contribution in [0.25, 0.3) is 0 Å². The largest absolute Gasteiger partial charge is 0.383 e. The summed E-state index contributed by atoms with van der Waals surface area (Å²) >= 11 is 0. The molecule has 0 rings (SSSR count). The van der Waals surface area contributed by atoms with Gasteiger partial charge in [-0.15, -0.1) is 0 Å². The Morgan fingerprint density at radius 2 is 2.00 bits per heavy atom. The third kappa shape index (κ3) is 3.33. The molecule has 0 saturated carbocycles. The Hall–Kier alpha value is -0.720. The minimum absolute atomic E-state index is 0.474. The molecule has 0 aromatic carbocycles. The smallest absolute Gasteiger partial charge is 0.0295 e. The van der Waals surface area contributed by atoms with E-state index in [1.807, 2.05) is 6.92 Å². The molecule has 0 aromatic heterocycles. The Balaban J connectivity index is 3.86. The number of nitrogens with one attached hydrogen (secondary N) is 1. The quantitative estimate of drug-likeness (QED) is 0.592. The van der Waals surface area contributed by atoms with Crippen LogP contribution in [0.3, 0.4) is 0 Å². The van der Waals surface area contributed by atoms with Gasteiger partial charge in [0, 0.05) is 11.7 Å². The minimum atomic E-state index is 0.474. The van der Waals surface area contributed by atoms with Gasteiger partial charge in [-0.1, -0.05) is 12.7 Å². The maximum atomic E-state index is 3.89. The van der Waals surface area contributed by atoms with Crippen molar-refractivity contribution in [2.24, 2.45) is 0 Å². The van der Waals surface area contributed by atoms with E-state index in [0.717, 1.165) is 5.70 Å². The summed E-state index contributed by atoms with van der Waals surface area (Å²) in [7, 11) is 0. The molecule has 10 heavy (non-hydrogen) atoms. The van der Waals surface area contributed by atoms with Crippen molar-refractivity contribution in [1.29, 1.82) is 0 Å². The molecular formula is C9H17N. The van der Waals surface area contributed by atoms with Crippen molar-refractivity contribution < 1.29 is 0 Å². The topological polar surface area (TPSA) is 12.0 Å². The zero-order chi connectivity index (χ0) is 8.15. The summed E-state index contributed by atoms with van der Waals surface area (Å²) in [4.78, 5) is 0. The van der Waals surface area contributed by atoms with Crippen LogP contribution in [0.15, 0.2) is 23.9 Å². The minimum Gasteiger partial charge on any atom is -0.383 e. The first-order valence-corrected chi connectivity index (χ1v) is 3.66. The van der Waals surface area contributed by atoms with Crippen molar-refractivity contribution >= 4 is 0 Å². The highest BCUT2D eigenvalue weighted by atomic mass is 14.9. The highest BCUT2D eigenvalue weighted by Crippen LogP contribution is 2.02. The molecule has 0 heterocycles. The Morgan fingerprint density at radius 3 is 2.30 bits per heavy atom. The Morgan fingerprint density at radius 1 is 1.50 bits per heavy atom. The molecule has 0 aromatic rings. The maximum absolute atomic E-state index is 3.89.